The highest BCUT2D eigenvalue weighted by Crippen LogP contribution is 2.28. The fourth-order valence-electron chi connectivity index (χ4n) is 2.49. The summed E-state index contributed by atoms with van der Waals surface area (Å²) in [5.74, 6) is 0.527. The van der Waals surface area contributed by atoms with Crippen molar-refractivity contribution >= 4 is 11.5 Å². The SMILES string of the molecule is Cc1cc(C#N)cc(C)c1Oc1n[nH]c(=O)c(Nc2ccc(C#N)cc2)n1. The molecule has 0 aliphatic rings. The number of ether oxygens (including phenoxy) is 1. The molecule has 0 aliphatic carbocycles. The zero-order valence-electron chi connectivity index (χ0n) is 14.6. The molecule has 0 saturated carbocycles. The monoisotopic (exact) mass is 358 g/mol. The van der Waals surface area contributed by atoms with E-state index in [1.54, 1.807) is 36.4 Å². The van der Waals surface area contributed by atoms with Crippen molar-refractivity contribution in [3.8, 4) is 23.9 Å². The number of aryl methyl sites for hydroxylation is 2. The van der Waals surface area contributed by atoms with Crippen LogP contribution in [0, 0.1) is 36.5 Å². The van der Waals surface area contributed by atoms with Gasteiger partial charge in [-0.05, 0) is 61.4 Å². The molecule has 3 aromatic rings. The van der Waals surface area contributed by atoms with E-state index in [1.165, 1.54) is 0 Å². The maximum Gasteiger partial charge on any atom is 0.341 e. The number of rotatable bonds is 4. The Kier molecular flexibility index (Phi) is 4.82. The number of nitrogens with zero attached hydrogens (tertiary/aromatic N) is 4. The molecule has 0 unspecified atom stereocenters. The lowest BCUT2D eigenvalue weighted by Gasteiger charge is -2.11. The molecule has 0 aliphatic heterocycles. The van der Waals surface area contributed by atoms with E-state index in [0.29, 0.717) is 22.6 Å². The Morgan fingerprint density at radius 1 is 1.04 bits per heavy atom. The van der Waals surface area contributed by atoms with Gasteiger partial charge in [0.25, 0.3) is 0 Å². The van der Waals surface area contributed by atoms with Crippen LogP contribution in [-0.2, 0) is 0 Å². The lowest BCUT2D eigenvalue weighted by atomic mass is 10.1. The van der Waals surface area contributed by atoms with E-state index in [9.17, 15) is 4.79 Å². The van der Waals surface area contributed by atoms with Crippen molar-refractivity contribution in [2.75, 3.05) is 5.32 Å². The number of nitrogens with one attached hydrogen (secondary N) is 2. The highest BCUT2D eigenvalue weighted by molar-refractivity contribution is 5.56. The van der Waals surface area contributed by atoms with Gasteiger partial charge in [0, 0.05) is 5.69 Å². The second-order valence-corrected chi connectivity index (χ2v) is 5.76. The summed E-state index contributed by atoms with van der Waals surface area (Å²) in [6.45, 7) is 3.62. The van der Waals surface area contributed by atoms with Crippen molar-refractivity contribution in [1.29, 1.82) is 10.5 Å². The van der Waals surface area contributed by atoms with E-state index in [2.05, 4.69) is 26.6 Å². The van der Waals surface area contributed by atoms with Crippen LogP contribution in [-0.4, -0.2) is 15.2 Å². The van der Waals surface area contributed by atoms with Crippen LogP contribution < -0.4 is 15.6 Å². The van der Waals surface area contributed by atoms with E-state index >= 15 is 0 Å². The lowest BCUT2D eigenvalue weighted by Crippen LogP contribution is -2.16. The molecule has 0 amide bonds. The molecule has 2 aromatic carbocycles. The van der Waals surface area contributed by atoms with Gasteiger partial charge in [-0.15, -0.1) is 5.10 Å². The first kappa shape index (κ1) is 17.6. The largest absolute Gasteiger partial charge is 0.423 e. The molecule has 1 heterocycles. The van der Waals surface area contributed by atoms with Crippen LogP contribution in [0.25, 0.3) is 0 Å². The Morgan fingerprint density at radius 3 is 2.26 bits per heavy atom. The molecular formula is C19H14N6O2. The molecule has 132 valence electrons. The molecule has 0 atom stereocenters. The maximum atomic E-state index is 12.0. The number of H-pyrrole nitrogens is 1. The summed E-state index contributed by atoms with van der Waals surface area (Å²) < 4.78 is 5.72. The third kappa shape index (κ3) is 3.91. The highest BCUT2D eigenvalue weighted by atomic mass is 16.5. The summed E-state index contributed by atoms with van der Waals surface area (Å²) >= 11 is 0. The zero-order chi connectivity index (χ0) is 19.4. The van der Waals surface area contributed by atoms with E-state index in [0.717, 1.165) is 11.1 Å². The van der Waals surface area contributed by atoms with Gasteiger partial charge in [-0.2, -0.15) is 15.5 Å². The van der Waals surface area contributed by atoms with Gasteiger partial charge in [0.2, 0.25) is 5.82 Å². The van der Waals surface area contributed by atoms with E-state index in [1.807, 2.05) is 19.9 Å². The van der Waals surface area contributed by atoms with Crippen LogP contribution in [0.1, 0.15) is 22.3 Å². The van der Waals surface area contributed by atoms with E-state index < -0.39 is 5.56 Å². The summed E-state index contributed by atoms with van der Waals surface area (Å²) in [6, 6.07) is 14.0. The molecule has 1 aromatic heterocycles. The van der Waals surface area contributed by atoms with Gasteiger partial charge < -0.3 is 10.1 Å². The fourth-order valence-corrected chi connectivity index (χ4v) is 2.49. The van der Waals surface area contributed by atoms with Crippen molar-refractivity contribution < 1.29 is 4.74 Å². The highest BCUT2D eigenvalue weighted by Gasteiger charge is 2.12. The molecule has 27 heavy (non-hydrogen) atoms. The molecule has 0 radical (unpaired) electrons. The number of hydrogen-bond acceptors (Lipinski definition) is 7. The lowest BCUT2D eigenvalue weighted by molar-refractivity contribution is 0.427. The molecule has 8 heteroatoms. The third-order valence-electron chi connectivity index (χ3n) is 3.74. The normalized spacial score (nSPS) is 9.93. The first-order valence-electron chi connectivity index (χ1n) is 7.93. The number of hydrogen-bond donors (Lipinski definition) is 2. The summed E-state index contributed by atoms with van der Waals surface area (Å²) in [7, 11) is 0. The Balaban J connectivity index is 1.89. The van der Waals surface area contributed by atoms with Crippen LogP contribution in [0.2, 0.25) is 0 Å². The molecule has 8 nitrogen and oxygen atoms in total. The van der Waals surface area contributed by atoms with Crippen molar-refractivity contribution in [1.82, 2.24) is 15.2 Å². The van der Waals surface area contributed by atoms with Gasteiger partial charge in [0.1, 0.15) is 5.75 Å². The molecule has 0 fully saturated rings. The van der Waals surface area contributed by atoms with Gasteiger partial charge >= 0.3 is 11.6 Å². The summed E-state index contributed by atoms with van der Waals surface area (Å²) in [5.41, 5.74) is 2.62. The molecule has 2 N–H and O–H groups in total. The average Bonchev–Trinajstić information content (AvgIpc) is 2.67. The number of benzene rings is 2. The molecule has 3 rings (SSSR count). The van der Waals surface area contributed by atoms with Crippen molar-refractivity contribution in [3.05, 3.63) is 69.0 Å². The predicted octanol–water partition coefficient (Wildman–Crippen LogP) is 3.06. The van der Waals surface area contributed by atoms with E-state index in [4.69, 9.17) is 15.3 Å². The van der Waals surface area contributed by atoms with Crippen LogP contribution in [0.3, 0.4) is 0 Å². The minimum atomic E-state index is -0.514. The Morgan fingerprint density at radius 2 is 1.67 bits per heavy atom. The second kappa shape index (κ2) is 7.38. The van der Waals surface area contributed by atoms with Gasteiger partial charge in [0.05, 0.1) is 23.3 Å². The smallest absolute Gasteiger partial charge is 0.341 e. The van der Waals surface area contributed by atoms with Crippen LogP contribution in [0.15, 0.2) is 41.2 Å². The van der Waals surface area contributed by atoms with Crippen molar-refractivity contribution in [2.24, 2.45) is 0 Å². The van der Waals surface area contributed by atoms with E-state index in [-0.39, 0.29) is 11.8 Å². The molecular weight excluding hydrogens is 344 g/mol. The van der Waals surface area contributed by atoms with Gasteiger partial charge in [-0.3, -0.25) is 4.79 Å². The Labute approximate surface area is 154 Å². The van der Waals surface area contributed by atoms with Gasteiger partial charge in [-0.25, -0.2) is 5.10 Å². The molecule has 0 bridgehead atoms. The first-order chi connectivity index (χ1) is 13.0. The minimum absolute atomic E-state index is 0.00802. The Bertz CT molecular complexity index is 1110. The van der Waals surface area contributed by atoms with Crippen molar-refractivity contribution in [3.63, 3.8) is 0 Å². The topological polar surface area (TPSA) is 127 Å². The second-order valence-electron chi connectivity index (χ2n) is 5.76. The van der Waals surface area contributed by atoms with Crippen LogP contribution >= 0.6 is 0 Å². The van der Waals surface area contributed by atoms with Gasteiger partial charge in [0.15, 0.2) is 0 Å². The standard InChI is InChI=1S/C19H14N6O2/c1-11-7-14(10-21)8-12(2)16(11)27-19-23-17(18(26)24-25-19)22-15-5-3-13(9-20)4-6-15/h3-8H,1-2H3,(H,24,26)(H,22,23,25). The predicted molar refractivity (Wildman–Crippen MR) is 97.8 cm³/mol. The minimum Gasteiger partial charge on any atom is -0.423 e. The van der Waals surface area contributed by atoms with Gasteiger partial charge in [-0.1, -0.05) is 0 Å². The fraction of sp³-hybridized carbons (Fsp3) is 0.105. The number of nitriles is 2. The third-order valence-corrected chi connectivity index (χ3v) is 3.74. The molecule has 0 saturated heterocycles. The molecule has 0 spiro atoms. The summed E-state index contributed by atoms with van der Waals surface area (Å²) in [5, 5.41) is 26.9. The van der Waals surface area contributed by atoms with Crippen LogP contribution in [0.4, 0.5) is 11.5 Å². The number of aromatic nitrogens is 3. The summed E-state index contributed by atoms with van der Waals surface area (Å²) in [6.07, 6.45) is 0. The average molecular weight is 358 g/mol. The maximum absolute atomic E-state index is 12.0. The zero-order valence-corrected chi connectivity index (χ0v) is 14.6. The summed E-state index contributed by atoms with van der Waals surface area (Å²) in [4.78, 5) is 16.1. The number of anilines is 2. The Hall–Kier alpha value is -4.17. The quantitative estimate of drug-likeness (QED) is 0.733. The first-order valence-corrected chi connectivity index (χ1v) is 7.93. The number of aromatic amines is 1. The van der Waals surface area contributed by atoms with Crippen molar-refractivity contribution in [2.45, 2.75) is 13.8 Å². The van der Waals surface area contributed by atoms with Crippen LogP contribution in [0.5, 0.6) is 11.8 Å².